The second-order valence-corrected chi connectivity index (χ2v) is 6.73. The molecule has 0 fully saturated rings. The average molecular weight is 341 g/mol. The molecule has 1 heterocycles. The number of aryl methyl sites for hydroxylation is 2. The van der Waals surface area contributed by atoms with Crippen LogP contribution < -0.4 is 4.74 Å². The Hall–Kier alpha value is -0.840. The fourth-order valence-corrected chi connectivity index (χ4v) is 3.57. The standard InChI is InChI=1S/C15H17BrO2S/c1-9-4-5-14(18-3)11(6-9)7-13(17)15-8-12(16)10(2)19-15/h4-6,8,13,17H,7H2,1-3H3. The number of hydrogen-bond donors (Lipinski definition) is 1. The van der Waals surface area contributed by atoms with E-state index < -0.39 is 6.10 Å². The summed E-state index contributed by atoms with van der Waals surface area (Å²) in [6.45, 7) is 4.08. The third-order valence-electron chi connectivity index (χ3n) is 3.05. The molecule has 1 aromatic heterocycles. The smallest absolute Gasteiger partial charge is 0.122 e. The van der Waals surface area contributed by atoms with E-state index in [0.29, 0.717) is 6.42 Å². The van der Waals surface area contributed by atoms with Crippen LogP contribution in [0.5, 0.6) is 5.75 Å². The highest BCUT2D eigenvalue weighted by atomic mass is 79.9. The van der Waals surface area contributed by atoms with Crippen molar-refractivity contribution in [3.8, 4) is 5.75 Å². The molecule has 2 nitrogen and oxygen atoms in total. The van der Waals surface area contributed by atoms with Crippen LogP contribution in [-0.2, 0) is 6.42 Å². The number of aliphatic hydroxyl groups is 1. The maximum Gasteiger partial charge on any atom is 0.122 e. The van der Waals surface area contributed by atoms with E-state index in [2.05, 4.69) is 22.0 Å². The number of benzene rings is 1. The van der Waals surface area contributed by atoms with Gasteiger partial charge in [-0.1, -0.05) is 17.7 Å². The maximum absolute atomic E-state index is 10.4. The van der Waals surface area contributed by atoms with Gasteiger partial charge in [0.15, 0.2) is 0 Å². The van der Waals surface area contributed by atoms with Gasteiger partial charge in [-0.2, -0.15) is 0 Å². The summed E-state index contributed by atoms with van der Waals surface area (Å²) in [4.78, 5) is 2.16. The Bertz CT molecular complexity index is 558. The molecule has 2 rings (SSSR count). The summed E-state index contributed by atoms with van der Waals surface area (Å²) < 4.78 is 6.41. The maximum atomic E-state index is 10.4. The molecular weight excluding hydrogens is 324 g/mol. The van der Waals surface area contributed by atoms with E-state index in [1.165, 1.54) is 10.4 Å². The van der Waals surface area contributed by atoms with Crippen LogP contribution in [0.2, 0.25) is 0 Å². The molecule has 0 bridgehead atoms. The summed E-state index contributed by atoms with van der Waals surface area (Å²) in [6, 6.07) is 8.03. The summed E-state index contributed by atoms with van der Waals surface area (Å²) in [7, 11) is 1.66. The number of aliphatic hydroxyl groups excluding tert-OH is 1. The molecule has 102 valence electrons. The summed E-state index contributed by atoms with van der Waals surface area (Å²) in [5.74, 6) is 0.831. The van der Waals surface area contributed by atoms with Gasteiger partial charge in [0.05, 0.1) is 13.2 Å². The van der Waals surface area contributed by atoms with Gasteiger partial charge in [-0.25, -0.2) is 0 Å². The number of halogens is 1. The van der Waals surface area contributed by atoms with Gasteiger partial charge in [0.25, 0.3) is 0 Å². The van der Waals surface area contributed by atoms with Crippen molar-refractivity contribution < 1.29 is 9.84 Å². The minimum Gasteiger partial charge on any atom is -0.496 e. The first-order chi connectivity index (χ1) is 9.01. The van der Waals surface area contributed by atoms with Gasteiger partial charge in [0, 0.05) is 20.6 Å². The quantitative estimate of drug-likeness (QED) is 0.892. The summed E-state index contributed by atoms with van der Waals surface area (Å²) >= 11 is 5.11. The Morgan fingerprint density at radius 2 is 2.05 bits per heavy atom. The van der Waals surface area contributed by atoms with Crippen LogP contribution in [0.3, 0.4) is 0 Å². The fourth-order valence-electron chi connectivity index (χ4n) is 2.02. The van der Waals surface area contributed by atoms with E-state index in [1.807, 2.05) is 32.0 Å². The van der Waals surface area contributed by atoms with Gasteiger partial charge in [-0.3, -0.25) is 0 Å². The van der Waals surface area contributed by atoms with E-state index in [4.69, 9.17) is 4.74 Å². The highest BCUT2D eigenvalue weighted by Gasteiger charge is 2.15. The van der Waals surface area contributed by atoms with Crippen molar-refractivity contribution in [2.75, 3.05) is 7.11 Å². The lowest BCUT2D eigenvalue weighted by Gasteiger charge is -2.13. The van der Waals surface area contributed by atoms with Gasteiger partial charge in [0.2, 0.25) is 0 Å². The van der Waals surface area contributed by atoms with Crippen molar-refractivity contribution in [2.24, 2.45) is 0 Å². The predicted octanol–water partition coefficient (Wildman–Crippen LogP) is 4.41. The molecule has 0 saturated carbocycles. The van der Waals surface area contributed by atoms with E-state index in [9.17, 15) is 5.11 Å². The van der Waals surface area contributed by atoms with Gasteiger partial charge in [-0.05, 0) is 47.5 Å². The molecule has 0 aliphatic heterocycles. The zero-order chi connectivity index (χ0) is 14.0. The van der Waals surface area contributed by atoms with Crippen LogP contribution in [-0.4, -0.2) is 12.2 Å². The third-order valence-corrected chi connectivity index (χ3v) is 5.29. The largest absolute Gasteiger partial charge is 0.496 e. The highest BCUT2D eigenvalue weighted by Crippen LogP contribution is 2.33. The topological polar surface area (TPSA) is 29.5 Å². The molecule has 1 unspecified atom stereocenters. The van der Waals surface area contributed by atoms with Crippen LogP contribution in [0.25, 0.3) is 0 Å². The molecule has 4 heteroatoms. The minimum atomic E-state index is -0.495. The number of hydrogen-bond acceptors (Lipinski definition) is 3. The van der Waals surface area contributed by atoms with Crippen LogP contribution in [0.4, 0.5) is 0 Å². The van der Waals surface area contributed by atoms with Crippen molar-refractivity contribution in [1.82, 2.24) is 0 Å². The molecule has 0 radical (unpaired) electrons. The van der Waals surface area contributed by atoms with Crippen molar-refractivity contribution >= 4 is 27.3 Å². The monoisotopic (exact) mass is 340 g/mol. The molecule has 0 saturated heterocycles. The lowest BCUT2D eigenvalue weighted by Crippen LogP contribution is -2.02. The van der Waals surface area contributed by atoms with Crippen LogP contribution in [0.15, 0.2) is 28.7 Å². The van der Waals surface area contributed by atoms with Crippen LogP contribution in [0, 0.1) is 13.8 Å². The Morgan fingerprint density at radius 3 is 2.63 bits per heavy atom. The number of methoxy groups -OCH3 is 1. The average Bonchev–Trinajstić information content (AvgIpc) is 2.70. The minimum absolute atomic E-state index is 0.495. The number of rotatable bonds is 4. The van der Waals surface area contributed by atoms with Crippen molar-refractivity contribution in [3.63, 3.8) is 0 Å². The first-order valence-corrected chi connectivity index (χ1v) is 7.69. The Morgan fingerprint density at radius 1 is 1.32 bits per heavy atom. The molecule has 0 amide bonds. The molecule has 19 heavy (non-hydrogen) atoms. The summed E-state index contributed by atoms with van der Waals surface area (Å²) in [6.07, 6.45) is 0.0720. The van der Waals surface area contributed by atoms with Gasteiger partial charge < -0.3 is 9.84 Å². The van der Waals surface area contributed by atoms with Gasteiger partial charge in [0.1, 0.15) is 5.75 Å². The third kappa shape index (κ3) is 3.38. The molecular formula is C15H17BrO2S. The zero-order valence-electron chi connectivity index (χ0n) is 11.2. The predicted molar refractivity (Wildman–Crippen MR) is 83.2 cm³/mol. The molecule has 2 aromatic rings. The summed E-state index contributed by atoms with van der Waals surface area (Å²) in [5.41, 5.74) is 2.21. The normalized spacial score (nSPS) is 12.5. The molecule has 0 aliphatic carbocycles. The first kappa shape index (κ1) is 14.6. The van der Waals surface area contributed by atoms with E-state index in [1.54, 1.807) is 18.4 Å². The molecule has 1 atom stereocenters. The van der Waals surface area contributed by atoms with Crippen LogP contribution >= 0.6 is 27.3 Å². The van der Waals surface area contributed by atoms with Gasteiger partial charge in [-0.15, -0.1) is 11.3 Å². The molecule has 0 spiro atoms. The van der Waals surface area contributed by atoms with Crippen molar-refractivity contribution in [2.45, 2.75) is 26.4 Å². The van der Waals surface area contributed by atoms with E-state index in [0.717, 1.165) is 20.7 Å². The van der Waals surface area contributed by atoms with Crippen molar-refractivity contribution in [1.29, 1.82) is 0 Å². The van der Waals surface area contributed by atoms with E-state index >= 15 is 0 Å². The molecule has 0 aliphatic rings. The molecule has 1 N–H and O–H groups in total. The van der Waals surface area contributed by atoms with Gasteiger partial charge >= 0.3 is 0 Å². The Kier molecular flexibility index (Phi) is 4.66. The lowest BCUT2D eigenvalue weighted by atomic mass is 10.0. The second-order valence-electron chi connectivity index (χ2n) is 4.59. The first-order valence-electron chi connectivity index (χ1n) is 6.08. The Labute approximate surface area is 126 Å². The SMILES string of the molecule is COc1ccc(C)cc1CC(O)c1cc(Br)c(C)s1. The van der Waals surface area contributed by atoms with Crippen LogP contribution in [0.1, 0.15) is 27.0 Å². The number of thiophene rings is 1. The number of ether oxygens (including phenoxy) is 1. The molecule has 1 aromatic carbocycles. The van der Waals surface area contributed by atoms with Crippen molar-refractivity contribution in [3.05, 3.63) is 49.6 Å². The Balaban J connectivity index is 2.23. The lowest BCUT2D eigenvalue weighted by molar-refractivity contribution is 0.181. The second kappa shape index (κ2) is 6.07. The van der Waals surface area contributed by atoms with E-state index in [-0.39, 0.29) is 0 Å². The highest BCUT2D eigenvalue weighted by molar-refractivity contribution is 9.10. The summed E-state index contributed by atoms with van der Waals surface area (Å²) in [5, 5.41) is 10.4. The zero-order valence-corrected chi connectivity index (χ0v) is 13.6. The fraction of sp³-hybridized carbons (Fsp3) is 0.333.